The largest absolute Gasteiger partial charge is 0.355 e. The standard InChI is InChI=1S/C18H22N2O3S/c1-4-14-7-11-17(12-8-14)24(22,23)20(3)13-15-5-9-16(10-6-15)18(21)19-2/h5-12H,4,13H2,1-3H3,(H,19,21). The van der Waals surface area contributed by atoms with Crippen LogP contribution in [0.3, 0.4) is 0 Å². The number of hydrogen-bond acceptors (Lipinski definition) is 3. The minimum absolute atomic E-state index is 0.168. The first kappa shape index (κ1) is 18.2. The number of sulfonamides is 1. The van der Waals surface area contributed by atoms with Crippen molar-refractivity contribution in [1.29, 1.82) is 0 Å². The zero-order valence-corrected chi connectivity index (χ0v) is 14.9. The molecule has 0 spiro atoms. The summed E-state index contributed by atoms with van der Waals surface area (Å²) < 4.78 is 26.5. The molecule has 0 heterocycles. The van der Waals surface area contributed by atoms with Crippen LogP contribution in [-0.2, 0) is 23.0 Å². The van der Waals surface area contributed by atoms with Crippen molar-refractivity contribution in [1.82, 2.24) is 9.62 Å². The Morgan fingerprint density at radius 3 is 2.04 bits per heavy atom. The van der Waals surface area contributed by atoms with E-state index in [1.807, 2.05) is 19.1 Å². The van der Waals surface area contributed by atoms with Gasteiger partial charge < -0.3 is 5.32 Å². The molecule has 2 aromatic rings. The van der Waals surface area contributed by atoms with Gasteiger partial charge in [-0.1, -0.05) is 31.2 Å². The van der Waals surface area contributed by atoms with E-state index in [-0.39, 0.29) is 17.3 Å². The summed E-state index contributed by atoms with van der Waals surface area (Å²) in [5, 5.41) is 2.55. The van der Waals surface area contributed by atoms with E-state index in [1.54, 1.807) is 50.5 Å². The van der Waals surface area contributed by atoms with Crippen molar-refractivity contribution in [3.63, 3.8) is 0 Å². The maximum Gasteiger partial charge on any atom is 0.251 e. The molecule has 0 radical (unpaired) electrons. The number of rotatable bonds is 6. The molecule has 6 heteroatoms. The van der Waals surface area contributed by atoms with Gasteiger partial charge in [-0.3, -0.25) is 4.79 Å². The van der Waals surface area contributed by atoms with Crippen molar-refractivity contribution in [2.75, 3.05) is 14.1 Å². The van der Waals surface area contributed by atoms with E-state index in [0.717, 1.165) is 17.5 Å². The summed E-state index contributed by atoms with van der Waals surface area (Å²) in [4.78, 5) is 11.8. The zero-order valence-electron chi connectivity index (χ0n) is 14.1. The van der Waals surface area contributed by atoms with E-state index < -0.39 is 10.0 Å². The Kier molecular flexibility index (Phi) is 5.75. The molecular weight excluding hydrogens is 324 g/mol. The van der Waals surface area contributed by atoms with Crippen LogP contribution in [0.2, 0.25) is 0 Å². The molecule has 5 nitrogen and oxygen atoms in total. The topological polar surface area (TPSA) is 66.5 Å². The highest BCUT2D eigenvalue weighted by molar-refractivity contribution is 7.89. The lowest BCUT2D eigenvalue weighted by atomic mass is 10.1. The van der Waals surface area contributed by atoms with Crippen LogP contribution in [0.25, 0.3) is 0 Å². The van der Waals surface area contributed by atoms with Crippen LogP contribution in [0.15, 0.2) is 53.4 Å². The lowest BCUT2D eigenvalue weighted by Gasteiger charge is -2.17. The molecule has 2 rings (SSSR count). The van der Waals surface area contributed by atoms with Crippen molar-refractivity contribution in [3.8, 4) is 0 Å². The predicted octanol–water partition coefficient (Wildman–Crippen LogP) is 2.43. The van der Waals surface area contributed by atoms with Gasteiger partial charge in [-0.2, -0.15) is 4.31 Å². The number of hydrogen-bond donors (Lipinski definition) is 1. The normalized spacial score (nSPS) is 11.5. The number of benzene rings is 2. The first-order valence-corrected chi connectivity index (χ1v) is 9.18. The highest BCUT2D eigenvalue weighted by atomic mass is 32.2. The number of nitrogens with one attached hydrogen (secondary N) is 1. The summed E-state index contributed by atoms with van der Waals surface area (Å²) in [7, 11) is -0.418. The lowest BCUT2D eigenvalue weighted by molar-refractivity contribution is 0.0963. The second kappa shape index (κ2) is 7.59. The van der Waals surface area contributed by atoms with Gasteiger partial charge in [-0.25, -0.2) is 8.42 Å². The van der Waals surface area contributed by atoms with Crippen LogP contribution in [0.1, 0.15) is 28.4 Å². The fourth-order valence-electron chi connectivity index (χ4n) is 2.33. The van der Waals surface area contributed by atoms with Gasteiger partial charge in [-0.05, 0) is 41.8 Å². The quantitative estimate of drug-likeness (QED) is 0.873. The van der Waals surface area contributed by atoms with E-state index >= 15 is 0 Å². The molecule has 24 heavy (non-hydrogen) atoms. The molecule has 0 saturated carbocycles. The van der Waals surface area contributed by atoms with Crippen LogP contribution in [0.5, 0.6) is 0 Å². The zero-order chi connectivity index (χ0) is 17.7. The van der Waals surface area contributed by atoms with Gasteiger partial charge in [0.25, 0.3) is 5.91 Å². The number of aryl methyl sites for hydroxylation is 1. The van der Waals surface area contributed by atoms with Crippen LogP contribution in [0, 0.1) is 0 Å². The van der Waals surface area contributed by atoms with Gasteiger partial charge in [0, 0.05) is 26.2 Å². The molecule has 0 aliphatic rings. The Balaban J connectivity index is 2.15. The molecule has 128 valence electrons. The van der Waals surface area contributed by atoms with Crippen LogP contribution in [-0.4, -0.2) is 32.7 Å². The molecule has 0 aliphatic carbocycles. The summed E-state index contributed by atoms with van der Waals surface area (Å²) in [6.45, 7) is 2.27. The first-order valence-electron chi connectivity index (χ1n) is 7.74. The minimum Gasteiger partial charge on any atom is -0.355 e. The fourth-order valence-corrected chi connectivity index (χ4v) is 3.48. The molecule has 0 bridgehead atoms. The molecule has 1 amide bonds. The Labute approximate surface area is 143 Å². The van der Waals surface area contributed by atoms with Crippen molar-refractivity contribution >= 4 is 15.9 Å². The van der Waals surface area contributed by atoms with Crippen molar-refractivity contribution in [2.45, 2.75) is 24.8 Å². The Bertz CT molecular complexity index is 797. The summed E-state index contributed by atoms with van der Waals surface area (Å²) in [5.74, 6) is -0.168. The highest BCUT2D eigenvalue weighted by Crippen LogP contribution is 2.18. The molecule has 0 fully saturated rings. The molecule has 0 atom stereocenters. The van der Waals surface area contributed by atoms with Gasteiger partial charge >= 0.3 is 0 Å². The third-order valence-corrected chi connectivity index (χ3v) is 5.71. The van der Waals surface area contributed by atoms with E-state index in [2.05, 4.69) is 5.32 Å². The van der Waals surface area contributed by atoms with Crippen LogP contribution in [0.4, 0.5) is 0 Å². The van der Waals surface area contributed by atoms with E-state index in [0.29, 0.717) is 5.56 Å². The summed E-state index contributed by atoms with van der Waals surface area (Å²) in [6, 6.07) is 13.8. The van der Waals surface area contributed by atoms with E-state index in [4.69, 9.17) is 0 Å². The first-order chi connectivity index (χ1) is 11.4. The van der Waals surface area contributed by atoms with Crippen LogP contribution >= 0.6 is 0 Å². The monoisotopic (exact) mass is 346 g/mol. The third-order valence-electron chi connectivity index (χ3n) is 3.89. The van der Waals surface area contributed by atoms with E-state index in [1.165, 1.54) is 4.31 Å². The van der Waals surface area contributed by atoms with Gasteiger partial charge in [-0.15, -0.1) is 0 Å². The summed E-state index contributed by atoms with van der Waals surface area (Å²) in [5.41, 5.74) is 2.46. The van der Waals surface area contributed by atoms with Gasteiger partial charge in [0.1, 0.15) is 0 Å². The number of amides is 1. The molecule has 0 aromatic heterocycles. The molecule has 0 aliphatic heterocycles. The Morgan fingerprint density at radius 2 is 1.54 bits per heavy atom. The molecule has 0 saturated heterocycles. The second-order valence-electron chi connectivity index (χ2n) is 5.53. The maximum atomic E-state index is 12.6. The number of carbonyl (C=O) groups is 1. The second-order valence-corrected chi connectivity index (χ2v) is 7.58. The van der Waals surface area contributed by atoms with Gasteiger partial charge in [0.05, 0.1) is 4.90 Å². The lowest BCUT2D eigenvalue weighted by Crippen LogP contribution is -2.26. The van der Waals surface area contributed by atoms with E-state index in [9.17, 15) is 13.2 Å². The molecule has 1 N–H and O–H groups in total. The average Bonchev–Trinajstić information content (AvgIpc) is 2.61. The SMILES string of the molecule is CCc1ccc(S(=O)(=O)N(C)Cc2ccc(C(=O)NC)cc2)cc1. The summed E-state index contributed by atoms with van der Waals surface area (Å²) in [6.07, 6.45) is 0.869. The van der Waals surface area contributed by atoms with Crippen LogP contribution < -0.4 is 5.32 Å². The Hall–Kier alpha value is -2.18. The van der Waals surface area contributed by atoms with Crippen molar-refractivity contribution in [2.24, 2.45) is 0 Å². The molecule has 0 unspecified atom stereocenters. The Morgan fingerprint density at radius 1 is 1.00 bits per heavy atom. The molecular formula is C18H22N2O3S. The predicted molar refractivity (Wildman–Crippen MR) is 94.3 cm³/mol. The van der Waals surface area contributed by atoms with Crippen molar-refractivity contribution in [3.05, 3.63) is 65.2 Å². The molecule has 2 aromatic carbocycles. The maximum absolute atomic E-state index is 12.6. The van der Waals surface area contributed by atoms with Crippen molar-refractivity contribution < 1.29 is 13.2 Å². The van der Waals surface area contributed by atoms with Gasteiger partial charge in [0.15, 0.2) is 0 Å². The fraction of sp³-hybridized carbons (Fsp3) is 0.278. The minimum atomic E-state index is -3.54. The summed E-state index contributed by atoms with van der Waals surface area (Å²) >= 11 is 0. The highest BCUT2D eigenvalue weighted by Gasteiger charge is 2.20. The van der Waals surface area contributed by atoms with Gasteiger partial charge in [0.2, 0.25) is 10.0 Å². The average molecular weight is 346 g/mol. The number of carbonyl (C=O) groups excluding carboxylic acids is 1. The third kappa shape index (κ3) is 4.01. The smallest absolute Gasteiger partial charge is 0.251 e. The number of nitrogens with zero attached hydrogens (tertiary/aromatic N) is 1.